The van der Waals surface area contributed by atoms with E-state index >= 15 is 0 Å². The summed E-state index contributed by atoms with van der Waals surface area (Å²) in [6, 6.07) is 16.8. The number of carbonyl (C=O) groups excluding carboxylic acids is 1. The van der Waals surface area contributed by atoms with Crippen molar-refractivity contribution in [2.75, 3.05) is 10.6 Å². The van der Waals surface area contributed by atoms with Crippen molar-refractivity contribution in [1.82, 2.24) is 10.2 Å². The molecule has 0 atom stereocenters. The van der Waals surface area contributed by atoms with Crippen LogP contribution in [0, 0.1) is 13.8 Å². The van der Waals surface area contributed by atoms with Gasteiger partial charge in [0.15, 0.2) is 5.69 Å². The summed E-state index contributed by atoms with van der Waals surface area (Å²) in [4.78, 5) is 12.4. The second-order valence-electron chi connectivity index (χ2n) is 5.97. The first kappa shape index (κ1) is 17.9. The molecule has 3 rings (SSSR count). The maximum absolute atomic E-state index is 12.4. The third kappa shape index (κ3) is 4.18. The molecule has 0 saturated heterocycles. The van der Waals surface area contributed by atoms with Crippen LogP contribution >= 0.6 is 11.6 Å². The number of amides is 1. The summed E-state index contributed by atoms with van der Waals surface area (Å²) >= 11 is 6.13. The average Bonchev–Trinajstić information content (AvgIpc) is 2.64. The molecule has 1 aromatic heterocycles. The number of anilines is 2. The third-order valence-corrected chi connectivity index (χ3v) is 4.40. The number of nitrogens with one attached hydrogen (secondary N) is 2. The van der Waals surface area contributed by atoms with Crippen LogP contribution in [0.5, 0.6) is 0 Å². The summed E-state index contributed by atoms with van der Waals surface area (Å²) < 4.78 is 0. The molecule has 2 N–H and O–H groups in total. The van der Waals surface area contributed by atoms with E-state index in [2.05, 4.69) is 20.8 Å². The van der Waals surface area contributed by atoms with Crippen molar-refractivity contribution in [2.45, 2.75) is 20.4 Å². The smallest absolute Gasteiger partial charge is 0.276 e. The fourth-order valence-electron chi connectivity index (χ4n) is 2.56. The molecule has 0 aliphatic rings. The Kier molecular flexibility index (Phi) is 5.49. The van der Waals surface area contributed by atoms with Gasteiger partial charge in [-0.2, -0.15) is 0 Å². The predicted octanol–water partition coefficient (Wildman–Crippen LogP) is 4.61. The van der Waals surface area contributed by atoms with Crippen LogP contribution in [-0.2, 0) is 6.54 Å². The Bertz CT molecular complexity index is 905. The van der Waals surface area contributed by atoms with Crippen LogP contribution in [0.3, 0.4) is 0 Å². The highest BCUT2D eigenvalue weighted by atomic mass is 35.5. The van der Waals surface area contributed by atoms with Crippen LogP contribution < -0.4 is 10.6 Å². The van der Waals surface area contributed by atoms with Crippen molar-refractivity contribution < 1.29 is 4.79 Å². The van der Waals surface area contributed by atoms with Crippen molar-refractivity contribution in [1.29, 1.82) is 0 Å². The van der Waals surface area contributed by atoms with E-state index in [-0.39, 0.29) is 11.6 Å². The zero-order valence-corrected chi connectivity index (χ0v) is 15.3. The fourth-order valence-corrected chi connectivity index (χ4v) is 2.77. The Labute approximate surface area is 157 Å². The summed E-state index contributed by atoms with van der Waals surface area (Å²) in [6.45, 7) is 4.44. The first-order chi connectivity index (χ1) is 12.5. The lowest BCUT2D eigenvalue weighted by molar-refractivity contribution is 0.102. The van der Waals surface area contributed by atoms with E-state index in [1.807, 2.05) is 56.3 Å². The number of nitrogens with zero attached hydrogens (tertiary/aromatic N) is 2. The van der Waals surface area contributed by atoms with Crippen molar-refractivity contribution in [2.24, 2.45) is 0 Å². The molecule has 0 radical (unpaired) electrons. The number of hydrogen-bond acceptors (Lipinski definition) is 4. The van der Waals surface area contributed by atoms with Gasteiger partial charge in [0.25, 0.3) is 5.91 Å². The standard InChI is InChI=1S/C20H19ClN4O/c1-13-6-5-7-14(2)19(13)23-20(26)17-10-11-18(25-24-17)22-12-15-8-3-4-9-16(15)21/h3-11H,12H2,1-2H3,(H,22,25)(H,23,26). The van der Waals surface area contributed by atoms with Crippen LogP contribution in [0.2, 0.25) is 5.02 Å². The van der Waals surface area contributed by atoms with Gasteiger partial charge in [0.2, 0.25) is 0 Å². The van der Waals surface area contributed by atoms with Crippen LogP contribution in [0.15, 0.2) is 54.6 Å². The van der Waals surface area contributed by atoms with Crippen molar-refractivity contribution >= 4 is 29.0 Å². The number of aromatic nitrogens is 2. The van der Waals surface area contributed by atoms with Gasteiger partial charge in [0, 0.05) is 17.3 Å². The van der Waals surface area contributed by atoms with Gasteiger partial charge in [-0.3, -0.25) is 4.79 Å². The minimum Gasteiger partial charge on any atom is -0.364 e. The summed E-state index contributed by atoms with van der Waals surface area (Å²) in [5, 5.41) is 14.8. The molecule has 0 unspecified atom stereocenters. The highest BCUT2D eigenvalue weighted by Crippen LogP contribution is 2.20. The first-order valence-corrected chi connectivity index (χ1v) is 8.61. The quantitative estimate of drug-likeness (QED) is 0.691. The van der Waals surface area contributed by atoms with E-state index in [9.17, 15) is 4.79 Å². The molecule has 6 heteroatoms. The lowest BCUT2D eigenvalue weighted by atomic mass is 10.1. The van der Waals surface area contributed by atoms with Crippen molar-refractivity contribution in [3.8, 4) is 0 Å². The van der Waals surface area contributed by atoms with Gasteiger partial charge in [-0.05, 0) is 48.7 Å². The van der Waals surface area contributed by atoms with E-state index in [1.54, 1.807) is 12.1 Å². The molecule has 132 valence electrons. The van der Waals surface area contributed by atoms with Gasteiger partial charge in [-0.1, -0.05) is 48.0 Å². The molecular formula is C20H19ClN4O. The molecule has 3 aromatic rings. The fraction of sp³-hybridized carbons (Fsp3) is 0.150. The van der Waals surface area contributed by atoms with E-state index in [0.29, 0.717) is 17.4 Å². The lowest BCUT2D eigenvalue weighted by Gasteiger charge is -2.11. The Morgan fingerprint density at radius 2 is 1.69 bits per heavy atom. The summed E-state index contributed by atoms with van der Waals surface area (Å²) in [5.41, 5.74) is 4.04. The zero-order valence-electron chi connectivity index (χ0n) is 14.6. The number of rotatable bonds is 5. The Morgan fingerprint density at radius 1 is 0.962 bits per heavy atom. The largest absolute Gasteiger partial charge is 0.364 e. The van der Waals surface area contributed by atoms with Crippen LogP contribution in [0.25, 0.3) is 0 Å². The topological polar surface area (TPSA) is 66.9 Å². The normalized spacial score (nSPS) is 10.4. The van der Waals surface area contributed by atoms with Crippen molar-refractivity contribution in [3.05, 3.63) is 82.0 Å². The summed E-state index contributed by atoms with van der Waals surface area (Å²) in [7, 11) is 0. The van der Waals surface area contributed by atoms with Gasteiger partial charge >= 0.3 is 0 Å². The highest BCUT2D eigenvalue weighted by Gasteiger charge is 2.11. The van der Waals surface area contributed by atoms with Crippen LogP contribution in [0.4, 0.5) is 11.5 Å². The Balaban J connectivity index is 1.65. The number of carbonyl (C=O) groups is 1. The molecule has 0 aliphatic carbocycles. The maximum atomic E-state index is 12.4. The maximum Gasteiger partial charge on any atom is 0.276 e. The van der Waals surface area contributed by atoms with E-state index in [1.165, 1.54) is 0 Å². The summed E-state index contributed by atoms with van der Waals surface area (Å²) in [5.74, 6) is 0.293. The first-order valence-electron chi connectivity index (χ1n) is 8.23. The highest BCUT2D eigenvalue weighted by molar-refractivity contribution is 6.31. The van der Waals surface area contributed by atoms with Crippen LogP contribution in [0.1, 0.15) is 27.2 Å². The Morgan fingerprint density at radius 3 is 2.35 bits per heavy atom. The Hall–Kier alpha value is -2.92. The van der Waals surface area contributed by atoms with E-state index < -0.39 is 0 Å². The average molecular weight is 367 g/mol. The molecule has 5 nitrogen and oxygen atoms in total. The molecular weight excluding hydrogens is 348 g/mol. The number of benzene rings is 2. The van der Waals surface area contributed by atoms with E-state index in [0.717, 1.165) is 22.4 Å². The van der Waals surface area contributed by atoms with E-state index in [4.69, 9.17) is 11.6 Å². The predicted molar refractivity (Wildman–Crippen MR) is 105 cm³/mol. The third-order valence-electron chi connectivity index (χ3n) is 4.03. The number of halogens is 1. The molecule has 0 aliphatic heterocycles. The monoisotopic (exact) mass is 366 g/mol. The van der Waals surface area contributed by atoms with Gasteiger partial charge in [0.1, 0.15) is 5.82 Å². The molecule has 0 saturated carbocycles. The van der Waals surface area contributed by atoms with Gasteiger partial charge in [-0.15, -0.1) is 10.2 Å². The van der Waals surface area contributed by atoms with Gasteiger partial charge in [-0.25, -0.2) is 0 Å². The second kappa shape index (κ2) is 7.97. The minimum absolute atomic E-state index is 0.260. The number of para-hydroxylation sites is 1. The molecule has 0 spiro atoms. The zero-order chi connectivity index (χ0) is 18.5. The summed E-state index contributed by atoms with van der Waals surface area (Å²) in [6.07, 6.45) is 0. The van der Waals surface area contributed by atoms with Crippen molar-refractivity contribution in [3.63, 3.8) is 0 Å². The molecule has 0 bridgehead atoms. The van der Waals surface area contributed by atoms with Crippen LogP contribution in [-0.4, -0.2) is 16.1 Å². The molecule has 2 aromatic carbocycles. The number of aryl methyl sites for hydroxylation is 2. The van der Waals surface area contributed by atoms with Gasteiger partial charge < -0.3 is 10.6 Å². The molecule has 26 heavy (non-hydrogen) atoms. The lowest BCUT2D eigenvalue weighted by Crippen LogP contribution is -2.16. The minimum atomic E-state index is -0.285. The van der Waals surface area contributed by atoms with Gasteiger partial charge in [0.05, 0.1) is 0 Å². The molecule has 1 heterocycles. The second-order valence-corrected chi connectivity index (χ2v) is 6.38. The SMILES string of the molecule is Cc1cccc(C)c1NC(=O)c1ccc(NCc2ccccc2Cl)nn1. The molecule has 0 fully saturated rings. The molecule has 1 amide bonds. The number of hydrogen-bond donors (Lipinski definition) is 2.